The van der Waals surface area contributed by atoms with E-state index in [0.717, 1.165) is 30.7 Å². The lowest BCUT2D eigenvalue weighted by molar-refractivity contribution is -0.116. The molecule has 9 heteroatoms. The number of rotatable bonds is 7. The van der Waals surface area contributed by atoms with Gasteiger partial charge >= 0.3 is 0 Å². The first-order chi connectivity index (χ1) is 13.8. The Hall–Kier alpha value is -2.39. The standard InChI is InChI=1S/C20H28N4O4S/c1-15-13-16(2)24(22-15)12-9-20(25)21-18-14-17(7-8-19(18)28-3)29(26,27)23-10-5-4-6-11-23/h7-8,13-14H,4-6,9-12H2,1-3H3,(H,21,25). The molecular weight excluding hydrogens is 392 g/mol. The Kier molecular flexibility index (Phi) is 6.59. The minimum Gasteiger partial charge on any atom is -0.495 e. The molecule has 2 aromatic rings. The minimum atomic E-state index is -3.59. The highest BCUT2D eigenvalue weighted by molar-refractivity contribution is 7.89. The molecule has 1 aliphatic heterocycles. The highest BCUT2D eigenvalue weighted by Gasteiger charge is 2.27. The Labute approximate surface area is 171 Å². The number of carbonyl (C=O) groups excluding carboxylic acids is 1. The predicted molar refractivity (Wildman–Crippen MR) is 111 cm³/mol. The van der Waals surface area contributed by atoms with Gasteiger partial charge in [-0.1, -0.05) is 6.42 Å². The van der Waals surface area contributed by atoms with Crippen LogP contribution in [0.4, 0.5) is 5.69 Å². The van der Waals surface area contributed by atoms with Gasteiger partial charge in [-0.05, 0) is 51.0 Å². The number of amides is 1. The Bertz CT molecular complexity index is 978. The fourth-order valence-electron chi connectivity index (χ4n) is 3.52. The maximum atomic E-state index is 12.9. The molecule has 158 valence electrons. The first-order valence-electron chi connectivity index (χ1n) is 9.80. The number of aromatic nitrogens is 2. The van der Waals surface area contributed by atoms with Crippen LogP contribution in [0.3, 0.4) is 0 Å². The molecule has 1 N–H and O–H groups in total. The van der Waals surface area contributed by atoms with Crippen LogP contribution in [0.5, 0.6) is 5.75 Å². The summed E-state index contributed by atoms with van der Waals surface area (Å²) in [5, 5.41) is 7.13. The predicted octanol–water partition coefficient (Wildman–Crippen LogP) is 2.71. The van der Waals surface area contributed by atoms with Crippen molar-refractivity contribution >= 4 is 21.6 Å². The van der Waals surface area contributed by atoms with Gasteiger partial charge in [0.1, 0.15) is 5.75 Å². The van der Waals surface area contributed by atoms with Crippen molar-refractivity contribution in [2.24, 2.45) is 0 Å². The summed E-state index contributed by atoms with van der Waals surface area (Å²) in [5.74, 6) is 0.186. The number of piperidine rings is 1. The molecule has 0 saturated carbocycles. The fourth-order valence-corrected chi connectivity index (χ4v) is 5.06. The van der Waals surface area contributed by atoms with Crippen LogP contribution >= 0.6 is 0 Å². The minimum absolute atomic E-state index is 0.161. The van der Waals surface area contributed by atoms with E-state index in [2.05, 4.69) is 10.4 Å². The number of nitrogens with one attached hydrogen (secondary N) is 1. The van der Waals surface area contributed by atoms with Gasteiger partial charge in [0.15, 0.2) is 0 Å². The van der Waals surface area contributed by atoms with Crippen LogP contribution in [0.2, 0.25) is 0 Å². The van der Waals surface area contributed by atoms with E-state index < -0.39 is 10.0 Å². The molecule has 1 amide bonds. The lowest BCUT2D eigenvalue weighted by Crippen LogP contribution is -2.35. The van der Waals surface area contributed by atoms with Crippen molar-refractivity contribution < 1.29 is 17.9 Å². The average Bonchev–Trinajstić information content (AvgIpc) is 3.04. The lowest BCUT2D eigenvalue weighted by Gasteiger charge is -2.26. The summed E-state index contributed by atoms with van der Waals surface area (Å²) in [6, 6.07) is 6.53. The topological polar surface area (TPSA) is 93.5 Å². The van der Waals surface area contributed by atoms with Gasteiger partial charge in [0, 0.05) is 31.7 Å². The molecule has 8 nitrogen and oxygen atoms in total. The zero-order valence-electron chi connectivity index (χ0n) is 17.1. The van der Waals surface area contributed by atoms with Gasteiger partial charge in [0.05, 0.1) is 23.4 Å². The van der Waals surface area contributed by atoms with Crippen molar-refractivity contribution in [3.8, 4) is 5.75 Å². The third kappa shape index (κ3) is 4.97. The number of nitrogens with zero attached hydrogens (tertiary/aromatic N) is 3. The summed E-state index contributed by atoms with van der Waals surface area (Å²) in [5.41, 5.74) is 2.24. The number of carbonyl (C=O) groups is 1. The maximum Gasteiger partial charge on any atom is 0.243 e. The SMILES string of the molecule is COc1ccc(S(=O)(=O)N2CCCCC2)cc1NC(=O)CCn1nc(C)cc1C. The Balaban J connectivity index is 1.74. The molecule has 3 rings (SSSR count). The molecule has 0 unspecified atom stereocenters. The van der Waals surface area contributed by atoms with E-state index >= 15 is 0 Å². The van der Waals surface area contributed by atoms with Crippen molar-refractivity contribution in [1.82, 2.24) is 14.1 Å². The third-order valence-corrected chi connectivity index (χ3v) is 6.95. The fraction of sp³-hybridized carbons (Fsp3) is 0.500. The van der Waals surface area contributed by atoms with Crippen LogP contribution in [-0.2, 0) is 21.4 Å². The van der Waals surface area contributed by atoms with Crippen molar-refractivity contribution in [2.45, 2.75) is 51.0 Å². The highest BCUT2D eigenvalue weighted by Crippen LogP contribution is 2.30. The highest BCUT2D eigenvalue weighted by atomic mass is 32.2. The molecule has 29 heavy (non-hydrogen) atoms. The summed E-state index contributed by atoms with van der Waals surface area (Å²) < 4.78 is 34.5. The monoisotopic (exact) mass is 420 g/mol. The Morgan fingerprint density at radius 1 is 1.17 bits per heavy atom. The zero-order chi connectivity index (χ0) is 21.0. The maximum absolute atomic E-state index is 12.9. The zero-order valence-corrected chi connectivity index (χ0v) is 18.0. The number of sulfonamides is 1. The molecule has 0 spiro atoms. The van der Waals surface area contributed by atoms with Crippen LogP contribution in [-0.4, -0.2) is 48.6 Å². The summed E-state index contributed by atoms with van der Waals surface area (Å²) in [7, 11) is -2.11. The Morgan fingerprint density at radius 2 is 1.90 bits per heavy atom. The van der Waals surface area contributed by atoms with Gasteiger partial charge in [-0.3, -0.25) is 9.48 Å². The van der Waals surface area contributed by atoms with E-state index in [-0.39, 0.29) is 17.2 Å². The van der Waals surface area contributed by atoms with Crippen molar-refractivity contribution in [1.29, 1.82) is 0 Å². The quantitative estimate of drug-likeness (QED) is 0.743. The molecule has 1 aromatic carbocycles. The van der Waals surface area contributed by atoms with Gasteiger partial charge in [-0.2, -0.15) is 9.40 Å². The number of aryl methyl sites for hydroxylation is 3. The second-order valence-corrected chi connectivity index (χ2v) is 9.21. The average molecular weight is 421 g/mol. The summed E-state index contributed by atoms with van der Waals surface area (Å²) in [6.07, 6.45) is 3.00. The van der Waals surface area contributed by atoms with E-state index in [0.29, 0.717) is 31.1 Å². The largest absolute Gasteiger partial charge is 0.495 e. The molecule has 0 radical (unpaired) electrons. The van der Waals surface area contributed by atoms with Crippen LogP contribution in [0.15, 0.2) is 29.2 Å². The first kappa shape index (κ1) is 21.3. The summed E-state index contributed by atoms with van der Waals surface area (Å²) in [6.45, 7) is 5.34. The lowest BCUT2D eigenvalue weighted by atomic mass is 10.2. The van der Waals surface area contributed by atoms with Gasteiger partial charge in [0.25, 0.3) is 0 Å². The van der Waals surface area contributed by atoms with E-state index in [9.17, 15) is 13.2 Å². The number of ether oxygens (including phenoxy) is 1. The molecule has 2 heterocycles. The Morgan fingerprint density at radius 3 is 2.52 bits per heavy atom. The molecular formula is C20H28N4O4S. The smallest absolute Gasteiger partial charge is 0.243 e. The number of hydrogen-bond donors (Lipinski definition) is 1. The second kappa shape index (κ2) is 8.96. The summed E-state index contributed by atoms with van der Waals surface area (Å²) in [4.78, 5) is 12.6. The third-order valence-electron chi connectivity index (χ3n) is 5.05. The normalized spacial score (nSPS) is 15.3. The van der Waals surface area contributed by atoms with Crippen LogP contribution < -0.4 is 10.1 Å². The number of methoxy groups -OCH3 is 1. The van der Waals surface area contributed by atoms with Crippen LogP contribution in [0.1, 0.15) is 37.1 Å². The molecule has 1 saturated heterocycles. The van der Waals surface area contributed by atoms with Crippen molar-refractivity contribution in [2.75, 3.05) is 25.5 Å². The van der Waals surface area contributed by atoms with E-state index in [4.69, 9.17) is 4.74 Å². The molecule has 0 atom stereocenters. The van der Waals surface area contributed by atoms with E-state index in [1.54, 1.807) is 10.7 Å². The van der Waals surface area contributed by atoms with Crippen molar-refractivity contribution in [3.63, 3.8) is 0 Å². The van der Waals surface area contributed by atoms with Crippen molar-refractivity contribution in [3.05, 3.63) is 35.7 Å². The van der Waals surface area contributed by atoms with E-state index in [1.165, 1.54) is 23.5 Å². The summed E-state index contributed by atoms with van der Waals surface area (Å²) >= 11 is 0. The van der Waals surface area contributed by atoms with Gasteiger partial charge < -0.3 is 10.1 Å². The molecule has 1 aliphatic rings. The molecule has 0 bridgehead atoms. The van der Waals surface area contributed by atoms with Gasteiger partial charge in [-0.15, -0.1) is 0 Å². The molecule has 1 aromatic heterocycles. The van der Waals surface area contributed by atoms with Crippen LogP contribution in [0.25, 0.3) is 0 Å². The van der Waals surface area contributed by atoms with Gasteiger partial charge in [0.2, 0.25) is 15.9 Å². The van der Waals surface area contributed by atoms with Gasteiger partial charge in [-0.25, -0.2) is 8.42 Å². The number of hydrogen-bond acceptors (Lipinski definition) is 5. The first-order valence-corrected chi connectivity index (χ1v) is 11.2. The second-order valence-electron chi connectivity index (χ2n) is 7.28. The van der Waals surface area contributed by atoms with Crippen LogP contribution in [0, 0.1) is 13.8 Å². The number of anilines is 1. The van der Waals surface area contributed by atoms with E-state index in [1.807, 2.05) is 19.9 Å². The number of benzene rings is 1. The molecule has 0 aliphatic carbocycles. The molecule has 1 fully saturated rings.